The van der Waals surface area contributed by atoms with Gasteiger partial charge in [0.1, 0.15) is 42.9 Å². The van der Waals surface area contributed by atoms with Gasteiger partial charge in [-0.15, -0.1) is 5.53 Å². The molecule has 0 bridgehead atoms. The monoisotopic (exact) mass is 1080 g/mol. The molecule has 5 aliphatic rings. The summed E-state index contributed by atoms with van der Waals surface area (Å²) in [7, 11) is 6.49. The Bertz CT molecular complexity index is 2130. The lowest BCUT2D eigenvalue weighted by Gasteiger charge is -2.50. The van der Waals surface area contributed by atoms with E-state index in [0.29, 0.717) is 19.4 Å². The van der Waals surface area contributed by atoms with Crippen molar-refractivity contribution in [3.63, 3.8) is 0 Å². The number of alkyl halides is 1. The fraction of sp³-hybridized carbons (Fsp3) is 0.800. The van der Waals surface area contributed by atoms with Crippen LogP contribution in [0.4, 0.5) is 9.18 Å². The molecule has 0 spiro atoms. The van der Waals surface area contributed by atoms with Gasteiger partial charge in [0.15, 0.2) is 18.2 Å². The summed E-state index contributed by atoms with van der Waals surface area (Å²) >= 11 is 0. The maximum absolute atomic E-state index is 14.9. The number of likely N-dealkylation sites (N-methyl/N-ethyl adjacent to an activating group) is 1. The minimum atomic E-state index is -1.50. The Morgan fingerprint density at radius 1 is 0.934 bits per heavy atom. The number of aryl methyl sites for hydroxylation is 1. The summed E-state index contributed by atoms with van der Waals surface area (Å²) in [6.45, 7) is 19.0. The molecule has 5 heterocycles. The molecule has 6 rings (SSSR count). The number of nitrogens with zero attached hydrogens (tertiary/aromatic N) is 3. The molecule has 0 radical (unpaired) electrons. The maximum Gasteiger partial charge on any atom is 0.411 e. The Labute approximate surface area is 449 Å². The summed E-state index contributed by atoms with van der Waals surface area (Å²) in [6, 6.07) is 5.74. The number of fused-ring (bicyclic) bond motifs is 1. The lowest BCUT2D eigenvalue weighted by atomic mass is 9.73. The number of Topliss-reactive ketones (excluding diaryl/α,β-unsaturated/α-hetero) is 1. The van der Waals surface area contributed by atoms with Gasteiger partial charge in [0, 0.05) is 83.0 Å². The van der Waals surface area contributed by atoms with Crippen molar-refractivity contribution >= 4 is 17.8 Å². The molecule has 1 aromatic rings. The van der Waals surface area contributed by atoms with E-state index in [0.717, 1.165) is 16.8 Å². The number of aliphatic hydroxyl groups excluding tert-OH is 3. The second-order valence-electron chi connectivity index (χ2n) is 22.7. The van der Waals surface area contributed by atoms with E-state index >= 15 is 0 Å². The third kappa shape index (κ3) is 12.9. The Kier molecular flexibility index (Phi) is 20.8. The number of benzene rings is 1. The summed E-state index contributed by atoms with van der Waals surface area (Å²) in [5.74, 6) is -4.39. The molecule has 0 aromatic heterocycles. The molecular weight excluding hydrogens is 990 g/mol. The fourth-order valence-corrected chi connectivity index (χ4v) is 12.6. The summed E-state index contributed by atoms with van der Waals surface area (Å²) in [6.07, 6.45) is -6.95. The number of ether oxygens (including phenoxy) is 9. The number of hydrazine groups is 2. The number of cyclic esters (lactones) is 1. The number of esters is 1. The van der Waals surface area contributed by atoms with Gasteiger partial charge in [-0.2, -0.15) is 0 Å². The van der Waals surface area contributed by atoms with Crippen molar-refractivity contribution in [2.24, 2.45) is 23.7 Å². The lowest BCUT2D eigenvalue weighted by Crippen LogP contribution is -2.62. The molecule has 20 atom stereocenters. The van der Waals surface area contributed by atoms with Crippen LogP contribution in [0.1, 0.15) is 119 Å². The first-order valence-electron chi connectivity index (χ1n) is 27.1. The molecule has 5 N–H and O–H groups in total. The highest BCUT2D eigenvalue weighted by molar-refractivity contribution is 5.85. The van der Waals surface area contributed by atoms with Gasteiger partial charge in [0.05, 0.1) is 54.2 Å². The molecule has 4 fully saturated rings. The predicted octanol–water partition coefficient (Wildman–Crippen LogP) is 4.86. The highest BCUT2D eigenvalue weighted by Gasteiger charge is 2.61. The van der Waals surface area contributed by atoms with Gasteiger partial charge < -0.3 is 68.3 Å². The number of nitrogens with one attached hydrogen (secondary N) is 2. The van der Waals surface area contributed by atoms with E-state index < -0.39 is 145 Å². The average molecular weight is 1080 g/mol. The largest absolute Gasteiger partial charge is 0.458 e. The minimum absolute atomic E-state index is 0.0713. The number of rotatable bonds is 18. The molecule has 5 aliphatic heterocycles. The zero-order valence-corrected chi connectivity index (χ0v) is 47.5. The van der Waals surface area contributed by atoms with E-state index in [4.69, 9.17) is 42.6 Å². The maximum atomic E-state index is 14.9. The zero-order chi connectivity index (χ0) is 56.2. The number of β-amino-alcohol motifs (C(OH)–C–C–N with tert-alkyl or cyclic N) is 1. The summed E-state index contributed by atoms with van der Waals surface area (Å²) in [5, 5.41) is 35.4. The first-order valence-corrected chi connectivity index (χ1v) is 27.1. The van der Waals surface area contributed by atoms with Gasteiger partial charge in [-0.3, -0.25) is 19.5 Å². The standard InChI is InChI=1S/C55H90FN5O15/c1-16-41-55(11)47(60(23-24-62)52(67)76-55)33(5)43(63)31(3)26-54(10,70-15)49(34(6)45(35(7)50(66)73-41)74-42-27-53(9,69-14)48(65)36(8)72-42)75-51-44(64)39(25-32(4)71-51)59(12)22-21-38-29-61(58-57-38)40(28-56)46(68-13)37-19-17-30(2)18-20-37/h17-20,29,31-36,39-42,44-49,51,57-58,62,64-65H,16,21-28H2,1-15H3/t31-,32-,33+,34+,35-,36+,39+,40-,41-,42+,44-,45+,46-,47-,48+,49-,51+,53-,54-,55-/m1/s1. The first kappa shape index (κ1) is 61.6. The topological polar surface area (TPSA) is 229 Å². The third-order valence-electron chi connectivity index (χ3n) is 17.3. The third-order valence-corrected chi connectivity index (χ3v) is 17.3. The van der Waals surface area contributed by atoms with E-state index in [1.54, 1.807) is 60.6 Å². The van der Waals surface area contributed by atoms with Crippen LogP contribution in [0.25, 0.3) is 0 Å². The van der Waals surface area contributed by atoms with Crippen molar-refractivity contribution in [3.8, 4) is 0 Å². The average Bonchev–Trinajstić information content (AvgIpc) is 3.98. The van der Waals surface area contributed by atoms with E-state index in [2.05, 4.69) is 11.0 Å². The van der Waals surface area contributed by atoms with Crippen molar-refractivity contribution in [1.29, 1.82) is 0 Å². The van der Waals surface area contributed by atoms with Crippen molar-refractivity contribution in [3.05, 3.63) is 47.3 Å². The van der Waals surface area contributed by atoms with Gasteiger partial charge in [-0.1, -0.05) is 57.5 Å². The zero-order valence-electron chi connectivity index (χ0n) is 47.5. The van der Waals surface area contributed by atoms with Gasteiger partial charge in [0.25, 0.3) is 0 Å². The van der Waals surface area contributed by atoms with Crippen molar-refractivity contribution in [1.82, 2.24) is 25.8 Å². The highest BCUT2D eigenvalue weighted by atomic mass is 19.1. The number of halogens is 1. The highest BCUT2D eigenvalue weighted by Crippen LogP contribution is 2.45. The second-order valence-corrected chi connectivity index (χ2v) is 22.7. The van der Waals surface area contributed by atoms with Crippen molar-refractivity contribution in [2.75, 3.05) is 54.7 Å². The molecular formula is C55H90FN5O15. The Morgan fingerprint density at radius 3 is 2.21 bits per heavy atom. The van der Waals surface area contributed by atoms with Crippen LogP contribution in [-0.4, -0.2) is 193 Å². The number of aliphatic hydroxyl groups is 3. The summed E-state index contributed by atoms with van der Waals surface area (Å²) < 4.78 is 72.2. The molecule has 21 heteroatoms. The van der Waals surface area contributed by atoms with Crippen LogP contribution < -0.4 is 11.0 Å². The van der Waals surface area contributed by atoms with Crippen LogP contribution in [0.15, 0.2) is 36.2 Å². The van der Waals surface area contributed by atoms with Crippen LogP contribution in [0.5, 0.6) is 0 Å². The molecule has 0 aliphatic carbocycles. The molecule has 0 unspecified atom stereocenters. The molecule has 0 saturated carbocycles. The number of amides is 1. The van der Waals surface area contributed by atoms with Crippen LogP contribution >= 0.6 is 0 Å². The summed E-state index contributed by atoms with van der Waals surface area (Å²) in [4.78, 5) is 46.9. The molecule has 20 nitrogen and oxygen atoms in total. The number of ketones is 1. The number of methoxy groups -OCH3 is 3. The van der Waals surface area contributed by atoms with Crippen LogP contribution in [0, 0.1) is 30.6 Å². The first-order chi connectivity index (χ1) is 35.8. The number of hydrogen-bond acceptors (Lipinski definition) is 19. The van der Waals surface area contributed by atoms with Gasteiger partial charge in [0.2, 0.25) is 0 Å². The van der Waals surface area contributed by atoms with E-state index in [1.807, 2.05) is 70.1 Å². The SMILES string of the molecule is CC[C@H]1OC(=O)[C@H](C)[C@@H](O[C@H]2C[C@@](C)(OC)[C@@H](O)[C@H](C)O2)[C@H](C)[C@@H](O[C@@H]2O[C@H](C)C[C@H](N(C)CCC3=CN([C@H](CF)[C@H](OC)c4ccc(C)cc4)NN3)[C@H]2O)[C@](C)(OC)C[C@@H](C)C(=O)[C@H](C)[C@H]2N(CCO)C(=O)O[C@]12C. The fourth-order valence-electron chi connectivity index (χ4n) is 12.6. The second kappa shape index (κ2) is 25.7. The number of carbonyl (C=O) groups is 3. The summed E-state index contributed by atoms with van der Waals surface area (Å²) in [5.41, 5.74) is 5.06. The van der Waals surface area contributed by atoms with Crippen molar-refractivity contribution < 1.29 is 76.7 Å². The molecule has 76 heavy (non-hydrogen) atoms. The van der Waals surface area contributed by atoms with Crippen molar-refractivity contribution in [2.45, 2.75) is 205 Å². The molecule has 1 aromatic carbocycles. The van der Waals surface area contributed by atoms with E-state index in [9.17, 15) is 34.1 Å². The lowest BCUT2D eigenvalue weighted by molar-refractivity contribution is -0.319. The normalized spacial score (nSPS) is 39.7. The van der Waals surface area contributed by atoms with E-state index in [-0.39, 0.29) is 31.6 Å². The number of hydrogen-bond donors (Lipinski definition) is 5. The van der Waals surface area contributed by atoms with Gasteiger partial charge >= 0.3 is 12.1 Å². The van der Waals surface area contributed by atoms with Gasteiger partial charge in [-0.05, 0) is 80.3 Å². The Morgan fingerprint density at radius 2 is 1.61 bits per heavy atom. The Balaban J connectivity index is 1.33. The minimum Gasteiger partial charge on any atom is -0.458 e. The quantitative estimate of drug-likeness (QED) is 0.124. The molecule has 4 saturated heterocycles. The van der Waals surface area contributed by atoms with Crippen LogP contribution in [0.2, 0.25) is 0 Å². The molecule has 1 amide bonds. The molecule has 432 valence electrons. The number of carbonyl (C=O) groups excluding carboxylic acids is 3. The van der Waals surface area contributed by atoms with E-state index in [1.165, 1.54) is 19.1 Å². The van der Waals surface area contributed by atoms with Crippen LogP contribution in [0.3, 0.4) is 0 Å². The van der Waals surface area contributed by atoms with Gasteiger partial charge in [-0.25, -0.2) is 9.18 Å². The predicted molar refractivity (Wildman–Crippen MR) is 277 cm³/mol. The smallest absolute Gasteiger partial charge is 0.411 e. The van der Waals surface area contributed by atoms with Crippen LogP contribution in [-0.2, 0) is 52.2 Å². The Hall–Kier alpha value is -3.58.